The van der Waals surface area contributed by atoms with Crippen molar-refractivity contribution in [1.82, 2.24) is 5.32 Å². The minimum atomic E-state index is -0.750. The van der Waals surface area contributed by atoms with Crippen LogP contribution >= 0.6 is 0 Å². The maximum atomic E-state index is 12.7. The Balaban J connectivity index is 1.43. The molecule has 0 unspecified atom stereocenters. The molecule has 3 saturated heterocycles. The molecule has 0 aliphatic carbocycles. The van der Waals surface area contributed by atoms with Gasteiger partial charge in [0, 0.05) is 6.42 Å². The minimum Gasteiger partial charge on any atom is -0.348 e. The van der Waals surface area contributed by atoms with Crippen molar-refractivity contribution in [3.8, 4) is 0 Å². The molecule has 4 rings (SSSR count). The average Bonchev–Trinajstić information content (AvgIpc) is 3.24. The lowest BCUT2D eigenvalue weighted by atomic mass is 10.0. The van der Waals surface area contributed by atoms with Crippen LogP contribution in [0.15, 0.2) is 30.3 Å². The van der Waals surface area contributed by atoms with Gasteiger partial charge in [0.15, 0.2) is 17.9 Å². The van der Waals surface area contributed by atoms with Crippen LogP contribution in [0.3, 0.4) is 0 Å². The van der Waals surface area contributed by atoms with Gasteiger partial charge in [-0.05, 0) is 39.7 Å². The Bertz CT molecular complexity index is 706. The molecule has 154 valence electrons. The van der Waals surface area contributed by atoms with Crippen molar-refractivity contribution in [2.45, 2.75) is 82.8 Å². The van der Waals surface area contributed by atoms with Crippen LogP contribution in [0.1, 0.15) is 39.7 Å². The van der Waals surface area contributed by atoms with Crippen LogP contribution in [0.25, 0.3) is 0 Å². The molecule has 0 saturated carbocycles. The molecule has 3 aliphatic heterocycles. The molecule has 1 aromatic carbocycles. The van der Waals surface area contributed by atoms with Crippen LogP contribution in [-0.4, -0.2) is 54.7 Å². The quantitative estimate of drug-likeness (QED) is 0.829. The van der Waals surface area contributed by atoms with Crippen molar-refractivity contribution in [3.05, 3.63) is 35.9 Å². The summed E-state index contributed by atoms with van der Waals surface area (Å²) in [5.41, 5.74) is 1.13. The predicted molar refractivity (Wildman–Crippen MR) is 100 cm³/mol. The highest BCUT2D eigenvalue weighted by molar-refractivity contribution is 5.76. The van der Waals surface area contributed by atoms with Gasteiger partial charge < -0.3 is 29.0 Å². The number of aryl methyl sites for hydroxylation is 1. The van der Waals surface area contributed by atoms with E-state index in [1.165, 1.54) is 0 Å². The van der Waals surface area contributed by atoms with Crippen molar-refractivity contribution < 1.29 is 28.5 Å². The highest BCUT2D eigenvalue weighted by atomic mass is 16.8. The van der Waals surface area contributed by atoms with E-state index in [1.54, 1.807) is 0 Å². The van der Waals surface area contributed by atoms with E-state index in [0.717, 1.165) is 5.56 Å². The molecule has 3 fully saturated rings. The van der Waals surface area contributed by atoms with Crippen LogP contribution < -0.4 is 5.32 Å². The van der Waals surface area contributed by atoms with E-state index in [1.807, 2.05) is 58.0 Å². The van der Waals surface area contributed by atoms with E-state index in [4.69, 9.17) is 23.7 Å². The largest absolute Gasteiger partial charge is 0.348 e. The molecule has 3 heterocycles. The summed E-state index contributed by atoms with van der Waals surface area (Å²) in [6.45, 7) is 7.82. The van der Waals surface area contributed by atoms with Crippen molar-refractivity contribution in [2.24, 2.45) is 0 Å². The summed E-state index contributed by atoms with van der Waals surface area (Å²) in [4.78, 5) is 12.7. The van der Waals surface area contributed by atoms with Gasteiger partial charge in [-0.1, -0.05) is 30.3 Å². The molecule has 0 bridgehead atoms. The first-order chi connectivity index (χ1) is 13.2. The van der Waals surface area contributed by atoms with Gasteiger partial charge in [-0.2, -0.15) is 0 Å². The molecule has 0 radical (unpaired) electrons. The Morgan fingerprint density at radius 2 is 1.79 bits per heavy atom. The van der Waals surface area contributed by atoms with Crippen molar-refractivity contribution in [2.75, 3.05) is 6.61 Å². The Labute approximate surface area is 165 Å². The third-order valence-electron chi connectivity index (χ3n) is 5.30. The SMILES string of the molecule is CC1(C)O[C@H]2O[C@H]([C@H]3COC(C)(C)O3)[C@@H](NC(=O)CCc3ccccc3)[C@H]2O1. The zero-order valence-electron chi connectivity index (χ0n) is 16.8. The maximum absolute atomic E-state index is 12.7. The highest BCUT2D eigenvalue weighted by Crippen LogP contribution is 2.40. The fourth-order valence-corrected chi connectivity index (χ4v) is 4.05. The second-order valence-corrected chi connectivity index (χ2v) is 8.52. The number of nitrogens with one attached hydrogen (secondary N) is 1. The van der Waals surface area contributed by atoms with Crippen molar-refractivity contribution in [1.29, 1.82) is 0 Å². The van der Waals surface area contributed by atoms with Gasteiger partial charge in [0.1, 0.15) is 18.3 Å². The van der Waals surface area contributed by atoms with Crippen LogP contribution in [0.5, 0.6) is 0 Å². The molecule has 1 N–H and O–H groups in total. The normalized spacial score (nSPS) is 35.6. The standard InChI is InChI=1S/C21H29NO6/c1-20(2)24-12-14(26-20)17-16(18-19(25-17)28-21(3,4)27-18)22-15(23)11-10-13-8-6-5-7-9-13/h5-9,14,16-19H,10-12H2,1-4H3,(H,22,23)/t14-,16-,17-,18-,19-/m1/s1. The third-order valence-corrected chi connectivity index (χ3v) is 5.30. The maximum Gasteiger partial charge on any atom is 0.220 e. The summed E-state index contributed by atoms with van der Waals surface area (Å²) in [5.74, 6) is -1.47. The summed E-state index contributed by atoms with van der Waals surface area (Å²) < 4.78 is 29.7. The third kappa shape index (κ3) is 4.23. The second kappa shape index (κ2) is 7.39. The average molecular weight is 391 g/mol. The molecular weight excluding hydrogens is 362 g/mol. The van der Waals surface area contributed by atoms with E-state index < -0.39 is 24.0 Å². The van der Waals surface area contributed by atoms with Crippen LogP contribution in [-0.2, 0) is 34.9 Å². The van der Waals surface area contributed by atoms with Gasteiger partial charge >= 0.3 is 0 Å². The van der Waals surface area contributed by atoms with Gasteiger partial charge in [-0.3, -0.25) is 4.79 Å². The van der Waals surface area contributed by atoms with Gasteiger partial charge in [0.25, 0.3) is 0 Å². The first-order valence-electron chi connectivity index (χ1n) is 9.89. The van der Waals surface area contributed by atoms with Gasteiger partial charge in [-0.15, -0.1) is 0 Å². The summed E-state index contributed by atoms with van der Waals surface area (Å²) in [5, 5.41) is 3.11. The number of ether oxygens (including phenoxy) is 5. The summed E-state index contributed by atoms with van der Waals surface area (Å²) >= 11 is 0. The van der Waals surface area contributed by atoms with E-state index >= 15 is 0 Å². The fraction of sp³-hybridized carbons (Fsp3) is 0.667. The molecule has 0 spiro atoms. The number of amides is 1. The Hall–Kier alpha value is -1.51. The van der Waals surface area contributed by atoms with E-state index in [9.17, 15) is 4.79 Å². The number of hydrogen-bond acceptors (Lipinski definition) is 6. The number of hydrogen-bond donors (Lipinski definition) is 1. The monoisotopic (exact) mass is 391 g/mol. The number of benzene rings is 1. The van der Waals surface area contributed by atoms with Gasteiger partial charge in [0.2, 0.25) is 5.91 Å². The van der Waals surface area contributed by atoms with Gasteiger partial charge in [-0.25, -0.2) is 0 Å². The lowest BCUT2D eigenvalue weighted by Crippen LogP contribution is -2.52. The van der Waals surface area contributed by atoms with Crippen LogP contribution in [0.4, 0.5) is 0 Å². The first kappa shape index (κ1) is 19.8. The van der Waals surface area contributed by atoms with Crippen LogP contribution in [0, 0.1) is 0 Å². The first-order valence-corrected chi connectivity index (χ1v) is 9.89. The Morgan fingerprint density at radius 3 is 2.46 bits per heavy atom. The highest BCUT2D eigenvalue weighted by Gasteiger charge is 2.58. The molecule has 7 nitrogen and oxygen atoms in total. The van der Waals surface area contributed by atoms with E-state index in [0.29, 0.717) is 19.4 Å². The van der Waals surface area contributed by atoms with Crippen molar-refractivity contribution in [3.63, 3.8) is 0 Å². The summed E-state index contributed by atoms with van der Waals surface area (Å²) in [6, 6.07) is 9.60. The topological polar surface area (TPSA) is 75.3 Å². The van der Waals surface area contributed by atoms with Gasteiger partial charge in [0.05, 0.1) is 12.6 Å². The Morgan fingerprint density at radius 1 is 1.04 bits per heavy atom. The smallest absolute Gasteiger partial charge is 0.220 e. The second-order valence-electron chi connectivity index (χ2n) is 8.52. The summed E-state index contributed by atoms with van der Waals surface area (Å²) in [6.07, 6.45) is -0.538. The Kier molecular flexibility index (Phi) is 5.22. The lowest BCUT2D eigenvalue weighted by Gasteiger charge is -2.29. The van der Waals surface area contributed by atoms with E-state index in [2.05, 4.69) is 5.32 Å². The number of fused-ring (bicyclic) bond motifs is 1. The summed E-state index contributed by atoms with van der Waals surface area (Å²) in [7, 11) is 0. The van der Waals surface area contributed by atoms with Crippen molar-refractivity contribution >= 4 is 5.91 Å². The fourth-order valence-electron chi connectivity index (χ4n) is 4.05. The molecule has 5 atom stereocenters. The minimum absolute atomic E-state index is 0.0467. The zero-order valence-corrected chi connectivity index (χ0v) is 16.8. The molecular formula is C21H29NO6. The lowest BCUT2D eigenvalue weighted by molar-refractivity contribution is -0.223. The number of carbonyl (C=O) groups is 1. The molecule has 3 aliphatic rings. The predicted octanol–water partition coefficient (Wildman–Crippen LogP) is 2.13. The van der Waals surface area contributed by atoms with Crippen LogP contribution in [0.2, 0.25) is 0 Å². The molecule has 28 heavy (non-hydrogen) atoms. The number of rotatable bonds is 5. The molecule has 7 heteroatoms. The molecule has 1 amide bonds. The van der Waals surface area contributed by atoms with E-state index in [-0.39, 0.29) is 24.2 Å². The molecule has 1 aromatic rings. The molecule has 0 aromatic heterocycles. The zero-order chi connectivity index (χ0) is 19.9. The number of carbonyl (C=O) groups excluding carboxylic acids is 1.